The van der Waals surface area contributed by atoms with Gasteiger partial charge in [0.25, 0.3) is 0 Å². The Balaban J connectivity index is 1.91. The van der Waals surface area contributed by atoms with Gasteiger partial charge in [-0.3, -0.25) is 0 Å². The van der Waals surface area contributed by atoms with Gasteiger partial charge < -0.3 is 9.80 Å². The van der Waals surface area contributed by atoms with Crippen molar-refractivity contribution in [2.24, 2.45) is 0 Å². The highest BCUT2D eigenvalue weighted by atomic mass is 79.9. The highest BCUT2D eigenvalue weighted by molar-refractivity contribution is 9.10. The summed E-state index contributed by atoms with van der Waals surface area (Å²) in [4.78, 5) is 4.44. The van der Waals surface area contributed by atoms with Gasteiger partial charge in [-0.1, -0.05) is 43.7 Å². The lowest BCUT2D eigenvalue weighted by molar-refractivity contribution is 0.489. The lowest BCUT2D eigenvalue weighted by Crippen LogP contribution is -2.37. The van der Waals surface area contributed by atoms with Crippen LogP contribution >= 0.6 is 27.5 Å². The van der Waals surface area contributed by atoms with E-state index in [0.29, 0.717) is 0 Å². The minimum absolute atomic E-state index is 0.00624. The summed E-state index contributed by atoms with van der Waals surface area (Å²) in [5.41, 5.74) is 4.94. The molecule has 25 heavy (non-hydrogen) atoms. The lowest BCUT2D eigenvalue weighted by Gasteiger charge is -2.29. The second-order valence-corrected chi connectivity index (χ2v) is 8.69. The first-order valence-corrected chi connectivity index (χ1v) is 9.57. The second kappa shape index (κ2) is 6.69. The summed E-state index contributed by atoms with van der Waals surface area (Å²) in [5, 5.41) is 0.799. The number of benzene rings is 2. The largest absolute Gasteiger partial charge is 0.377 e. The average molecular weight is 420 g/mol. The van der Waals surface area contributed by atoms with Crippen LogP contribution in [0.2, 0.25) is 5.02 Å². The summed E-state index contributed by atoms with van der Waals surface area (Å²) < 4.78 is 1.11. The fourth-order valence-corrected chi connectivity index (χ4v) is 4.61. The van der Waals surface area contributed by atoms with Gasteiger partial charge in [-0.25, -0.2) is 0 Å². The Bertz CT molecular complexity index is 827. The van der Waals surface area contributed by atoms with Crippen LogP contribution in [0.4, 0.5) is 11.4 Å². The van der Waals surface area contributed by atoms with Crippen molar-refractivity contribution in [3.05, 3.63) is 63.1 Å². The number of hydrogen-bond acceptors (Lipinski definition) is 2. The van der Waals surface area contributed by atoms with E-state index < -0.39 is 0 Å². The SMILES string of the molecule is CN(C)c1ccc(/C=C/C2N(C)c3ccc(Cl)cc3C2(C)C)cc1Br. The van der Waals surface area contributed by atoms with Gasteiger partial charge in [-0.2, -0.15) is 0 Å². The number of nitrogens with zero attached hydrogens (tertiary/aromatic N) is 2. The van der Waals surface area contributed by atoms with Crippen LogP contribution in [0.25, 0.3) is 6.08 Å². The van der Waals surface area contributed by atoms with Gasteiger partial charge in [-0.15, -0.1) is 0 Å². The zero-order chi connectivity index (χ0) is 18.4. The van der Waals surface area contributed by atoms with Crippen LogP contribution in [0.3, 0.4) is 0 Å². The van der Waals surface area contributed by atoms with Crippen LogP contribution in [0.15, 0.2) is 46.9 Å². The van der Waals surface area contributed by atoms with Gasteiger partial charge in [0.05, 0.1) is 11.7 Å². The van der Waals surface area contributed by atoms with Gasteiger partial charge in [0.15, 0.2) is 0 Å². The molecule has 0 spiro atoms. The molecule has 132 valence electrons. The summed E-state index contributed by atoms with van der Waals surface area (Å²) in [5.74, 6) is 0. The lowest BCUT2D eigenvalue weighted by atomic mass is 9.80. The molecule has 1 heterocycles. The third-order valence-electron chi connectivity index (χ3n) is 5.11. The van der Waals surface area contributed by atoms with Crippen molar-refractivity contribution >= 4 is 45.0 Å². The third-order valence-corrected chi connectivity index (χ3v) is 5.98. The van der Waals surface area contributed by atoms with E-state index >= 15 is 0 Å². The molecule has 0 saturated carbocycles. The maximum atomic E-state index is 6.23. The van der Waals surface area contributed by atoms with Gasteiger partial charge >= 0.3 is 0 Å². The average Bonchev–Trinajstić information content (AvgIpc) is 2.71. The Kier molecular flexibility index (Phi) is 4.91. The number of anilines is 2. The fraction of sp³-hybridized carbons (Fsp3) is 0.333. The van der Waals surface area contributed by atoms with Gasteiger partial charge in [-0.05, 0) is 57.4 Å². The van der Waals surface area contributed by atoms with Crippen LogP contribution in [0.1, 0.15) is 25.0 Å². The maximum Gasteiger partial charge on any atom is 0.0565 e. The number of likely N-dealkylation sites (N-methyl/N-ethyl adjacent to an activating group) is 1. The Hall–Kier alpha value is -1.45. The highest BCUT2D eigenvalue weighted by Gasteiger charge is 2.41. The van der Waals surface area contributed by atoms with Crippen molar-refractivity contribution in [3.63, 3.8) is 0 Å². The quantitative estimate of drug-likeness (QED) is 0.604. The second-order valence-electron chi connectivity index (χ2n) is 7.40. The zero-order valence-corrected chi connectivity index (χ0v) is 17.7. The van der Waals surface area contributed by atoms with Crippen LogP contribution in [-0.2, 0) is 5.41 Å². The third kappa shape index (κ3) is 3.32. The van der Waals surface area contributed by atoms with Crippen molar-refractivity contribution in [3.8, 4) is 0 Å². The van der Waals surface area contributed by atoms with E-state index in [-0.39, 0.29) is 11.5 Å². The molecule has 0 bridgehead atoms. The topological polar surface area (TPSA) is 6.48 Å². The molecule has 0 amide bonds. The Morgan fingerprint density at radius 2 is 1.88 bits per heavy atom. The molecule has 0 N–H and O–H groups in total. The molecule has 0 aliphatic carbocycles. The Morgan fingerprint density at radius 1 is 1.16 bits per heavy atom. The van der Waals surface area contributed by atoms with Gasteiger partial charge in [0, 0.05) is 41.7 Å². The van der Waals surface area contributed by atoms with E-state index in [1.807, 2.05) is 20.2 Å². The molecule has 2 aromatic carbocycles. The summed E-state index contributed by atoms with van der Waals surface area (Å²) in [6, 6.07) is 12.9. The molecule has 1 aliphatic rings. The molecule has 1 aliphatic heterocycles. The van der Waals surface area contributed by atoms with E-state index in [9.17, 15) is 0 Å². The number of halogens is 2. The first kappa shape index (κ1) is 18.3. The molecular formula is C21H24BrClN2. The summed E-state index contributed by atoms with van der Waals surface area (Å²) in [6.07, 6.45) is 4.51. The molecule has 1 unspecified atom stereocenters. The Morgan fingerprint density at radius 3 is 2.52 bits per heavy atom. The summed E-state index contributed by atoms with van der Waals surface area (Å²) in [6.45, 7) is 4.57. The van der Waals surface area contributed by atoms with E-state index in [1.54, 1.807) is 0 Å². The molecule has 3 rings (SSSR count). The van der Waals surface area contributed by atoms with E-state index in [4.69, 9.17) is 11.6 Å². The van der Waals surface area contributed by atoms with Crippen molar-refractivity contribution < 1.29 is 0 Å². The minimum atomic E-state index is 0.00624. The van der Waals surface area contributed by atoms with Crippen LogP contribution < -0.4 is 9.80 Å². The van der Waals surface area contributed by atoms with Crippen molar-refractivity contribution in [1.29, 1.82) is 0 Å². The fourth-order valence-electron chi connectivity index (χ4n) is 3.69. The molecule has 2 aromatic rings. The normalized spacial score (nSPS) is 18.7. The van der Waals surface area contributed by atoms with E-state index in [2.05, 4.69) is 89.1 Å². The predicted molar refractivity (Wildman–Crippen MR) is 114 cm³/mol. The molecule has 0 aromatic heterocycles. The molecule has 0 saturated heterocycles. The number of rotatable bonds is 3. The molecule has 2 nitrogen and oxygen atoms in total. The van der Waals surface area contributed by atoms with Crippen molar-refractivity contribution in [2.75, 3.05) is 30.9 Å². The Labute approximate surface area is 164 Å². The van der Waals surface area contributed by atoms with Crippen LogP contribution in [0, 0.1) is 0 Å². The van der Waals surface area contributed by atoms with Gasteiger partial charge in [0.1, 0.15) is 0 Å². The molecule has 1 atom stereocenters. The standard InChI is InChI=1S/C21H24BrClN2/c1-21(2)16-13-15(23)8-10-18(16)25(5)20(21)11-7-14-6-9-19(24(3)4)17(22)12-14/h6-13,20H,1-5H3/b11-7+. The van der Waals surface area contributed by atoms with E-state index in [0.717, 1.165) is 9.50 Å². The maximum absolute atomic E-state index is 6.23. The number of hydrogen-bond donors (Lipinski definition) is 0. The number of fused-ring (bicyclic) bond motifs is 1. The molecular weight excluding hydrogens is 396 g/mol. The smallest absolute Gasteiger partial charge is 0.0565 e. The zero-order valence-electron chi connectivity index (χ0n) is 15.3. The molecule has 0 fully saturated rings. The first-order valence-electron chi connectivity index (χ1n) is 8.40. The highest BCUT2D eigenvalue weighted by Crippen LogP contribution is 2.46. The van der Waals surface area contributed by atoms with Crippen LogP contribution in [0.5, 0.6) is 0 Å². The van der Waals surface area contributed by atoms with Crippen LogP contribution in [-0.4, -0.2) is 27.2 Å². The summed E-state index contributed by atoms with van der Waals surface area (Å²) >= 11 is 9.90. The predicted octanol–water partition coefficient (Wildman–Crippen LogP) is 5.98. The van der Waals surface area contributed by atoms with Gasteiger partial charge in [0.2, 0.25) is 0 Å². The summed E-state index contributed by atoms with van der Waals surface area (Å²) in [7, 11) is 6.25. The molecule has 4 heteroatoms. The minimum Gasteiger partial charge on any atom is -0.377 e. The monoisotopic (exact) mass is 418 g/mol. The first-order chi connectivity index (χ1) is 11.7. The van der Waals surface area contributed by atoms with E-state index in [1.165, 1.54) is 22.5 Å². The van der Waals surface area contributed by atoms with Crippen molar-refractivity contribution in [2.45, 2.75) is 25.3 Å². The van der Waals surface area contributed by atoms with Crippen molar-refractivity contribution in [1.82, 2.24) is 0 Å². The molecule has 0 radical (unpaired) electrons.